The van der Waals surface area contributed by atoms with E-state index >= 15 is 0 Å². The van der Waals surface area contributed by atoms with Crippen LogP contribution >= 0.6 is 11.3 Å². The van der Waals surface area contributed by atoms with Crippen molar-refractivity contribution in [1.82, 2.24) is 4.31 Å². The van der Waals surface area contributed by atoms with Crippen LogP contribution < -0.4 is 5.73 Å². The number of halogens is 1. The van der Waals surface area contributed by atoms with Crippen molar-refractivity contribution in [3.05, 3.63) is 52.0 Å². The van der Waals surface area contributed by atoms with Gasteiger partial charge >= 0.3 is 5.97 Å². The maximum absolute atomic E-state index is 13.4. The van der Waals surface area contributed by atoms with E-state index in [2.05, 4.69) is 5.16 Å². The Hall–Kier alpha value is -2.34. The maximum atomic E-state index is 13.4. The number of piperidine rings is 1. The smallest absolute Gasteiger partial charge is 0.353 e. The molecule has 2 aliphatic heterocycles. The molecule has 8 nitrogen and oxygen atoms in total. The second-order valence-electron chi connectivity index (χ2n) is 7.39. The van der Waals surface area contributed by atoms with Crippen LogP contribution in [0.3, 0.4) is 0 Å². The summed E-state index contributed by atoms with van der Waals surface area (Å²) >= 11 is 1.70. The van der Waals surface area contributed by atoms with Gasteiger partial charge in [-0.1, -0.05) is 17.3 Å². The number of nitrogens with zero attached hydrogens (tertiary/aromatic N) is 2. The molecule has 3 N–H and O–H groups in total. The zero-order valence-electron chi connectivity index (χ0n) is 17.0. The summed E-state index contributed by atoms with van der Waals surface area (Å²) in [5.74, 6) is -1.73. The zero-order valence-corrected chi connectivity index (χ0v) is 18.6. The Morgan fingerprint density at radius 1 is 1.35 bits per heavy atom. The van der Waals surface area contributed by atoms with Gasteiger partial charge in [0, 0.05) is 43.8 Å². The SMILES string of the molecule is Cc1ccc(F)cc1S(=O)(=O)N1CCC2(CC1)CC(C(=O)O)=NO2.NCc1cccs1. The number of carboxylic acids is 1. The molecule has 0 unspecified atom stereocenters. The number of nitrogens with two attached hydrogens (primary N) is 1. The molecule has 2 aliphatic rings. The highest BCUT2D eigenvalue weighted by atomic mass is 32.2. The predicted molar refractivity (Wildman–Crippen MR) is 115 cm³/mol. The van der Waals surface area contributed by atoms with Crippen molar-refractivity contribution in [3.63, 3.8) is 0 Å². The number of carbonyl (C=O) groups is 1. The Kier molecular flexibility index (Phi) is 7.10. The number of hydrogen-bond acceptors (Lipinski definition) is 7. The lowest BCUT2D eigenvalue weighted by Crippen LogP contribution is -2.47. The molecule has 1 aromatic carbocycles. The summed E-state index contributed by atoms with van der Waals surface area (Å²) in [4.78, 5) is 17.4. The Labute approximate surface area is 184 Å². The zero-order chi connectivity index (χ0) is 22.6. The number of oxime groups is 1. The van der Waals surface area contributed by atoms with Crippen LogP contribution in [0.15, 0.2) is 45.8 Å². The lowest BCUT2D eigenvalue weighted by Gasteiger charge is -2.36. The quantitative estimate of drug-likeness (QED) is 0.710. The highest BCUT2D eigenvalue weighted by molar-refractivity contribution is 7.89. The van der Waals surface area contributed by atoms with E-state index in [1.54, 1.807) is 18.3 Å². The number of thiophene rings is 1. The van der Waals surface area contributed by atoms with E-state index in [1.807, 2.05) is 17.5 Å². The molecule has 1 aromatic heterocycles. The van der Waals surface area contributed by atoms with Crippen molar-refractivity contribution in [1.29, 1.82) is 0 Å². The van der Waals surface area contributed by atoms with Gasteiger partial charge in [0.25, 0.3) is 0 Å². The average molecular weight is 470 g/mol. The van der Waals surface area contributed by atoms with Gasteiger partial charge in [0.2, 0.25) is 10.0 Å². The van der Waals surface area contributed by atoms with Gasteiger partial charge in [-0.25, -0.2) is 17.6 Å². The van der Waals surface area contributed by atoms with E-state index < -0.39 is 27.4 Å². The number of rotatable bonds is 4. The molecule has 4 rings (SSSR count). The monoisotopic (exact) mass is 469 g/mol. The molecular weight excluding hydrogens is 445 g/mol. The summed E-state index contributed by atoms with van der Waals surface area (Å²) in [5, 5.41) is 14.6. The maximum Gasteiger partial charge on any atom is 0.353 e. The van der Waals surface area contributed by atoms with Crippen LogP contribution in [0, 0.1) is 12.7 Å². The van der Waals surface area contributed by atoms with Gasteiger partial charge in [-0.15, -0.1) is 11.3 Å². The third-order valence-electron chi connectivity index (χ3n) is 5.27. The topological polar surface area (TPSA) is 122 Å². The van der Waals surface area contributed by atoms with Crippen molar-refractivity contribution in [2.75, 3.05) is 13.1 Å². The first-order valence-corrected chi connectivity index (χ1v) is 12.0. The number of aryl methyl sites for hydroxylation is 1. The molecule has 3 heterocycles. The summed E-state index contributed by atoms with van der Waals surface area (Å²) in [6, 6.07) is 7.71. The first-order valence-electron chi connectivity index (χ1n) is 9.64. The second kappa shape index (κ2) is 9.43. The minimum Gasteiger partial charge on any atom is -0.477 e. The summed E-state index contributed by atoms with van der Waals surface area (Å²) in [5.41, 5.74) is 4.98. The highest BCUT2D eigenvalue weighted by Gasteiger charge is 2.46. The molecule has 168 valence electrons. The van der Waals surface area contributed by atoms with E-state index in [1.165, 1.54) is 21.3 Å². The van der Waals surface area contributed by atoms with Crippen LogP contribution in [-0.2, 0) is 26.2 Å². The normalized spacial score (nSPS) is 18.1. The van der Waals surface area contributed by atoms with Gasteiger partial charge in [-0.3, -0.25) is 0 Å². The van der Waals surface area contributed by atoms with E-state index in [4.69, 9.17) is 15.7 Å². The van der Waals surface area contributed by atoms with Gasteiger partial charge in [-0.2, -0.15) is 4.31 Å². The fourth-order valence-electron chi connectivity index (χ4n) is 3.46. The second-order valence-corrected chi connectivity index (χ2v) is 10.3. The first-order chi connectivity index (χ1) is 14.7. The molecule has 0 bridgehead atoms. The van der Waals surface area contributed by atoms with E-state index in [0.717, 1.165) is 6.07 Å². The average Bonchev–Trinajstić information content (AvgIpc) is 3.41. The Balaban J connectivity index is 0.000000330. The lowest BCUT2D eigenvalue weighted by atomic mass is 9.88. The van der Waals surface area contributed by atoms with Crippen molar-refractivity contribution in [2.24, 2.45) is 10.9 Å². The molecule has 0 saturated carbocycles. The van der Waals surface area contributed by atoms with Crippen molar-refractivity contribution < 1.29 is 27.5 Å². The molecule has 1 fully saturated rings. The molecule has 2 aromatic rings. The van der Waals surface area contributed by atoms with Gasteiger partial charge in [-0.05, 0) is 36.1 Å². The molecule has 31 heavy (non-hydrogen) atoms. The summed E-state index contributed by atoms with van der Waals surface area (Å²) in [6.45, 7) is 2.63. The number of sulfonamides is 1. The minimum absolute atomic E-state index is 0.0479. The third kappa shape index (κ3) is 5.29. The van der Waals surface area contributed by atoms with Gasteiger partial charge < -0.3 is 15.7 Å². The Morgan fingerprint density at radius 2 is 2.06 bits per heavy atom. The number of hydrogen-bond donors (Lipinski definition) is 2. The van der Waals surface area contributed by atoms with Gasteiger partial charge in [0.15, 0.2) is 5.71 Å². The van der Waals surface area contributed by atoms with Gasteiger partial charge in [0.1, 0.15) is 11.4 Å². The fraction of sp³-hybridized carbons (Fsp3) is 0.400. The summed E-state index contributed by atoms with van der Waals surface area (Å²) in [7, 11) is -3.81. The number of carboxylic acid groups (broad SMARTS) is 1. The standard InChI is InChI=1S/C15H17FN2O5S.C5H7NS/c1-10-2-3-11(16)8-13(10)24(21,22)18-6-4-15(5-7-18)9-12(14(19)20)17-23-15;6-4-5-2-1-3-7-5/h2-3,8H,4-7,9H2,1H3,(H,19,20);1-3H,4,6H2. The highest BCUT2D eigenvalue weighted by Crippen LogP contribution is 2.36. The van der Waals surface area contributed by atoms with Crippen LogP contribution in [0.25, 0.3) is 0 Å². The van der Waals surface area contributed by atoms with Crippen molar-refractivity contribution >= 4 is 33.0 Å². The van der Waals surface area contributed by atoms with Crippen molar-refractivity contribution in [3.8, 4) is 0 Å². The van der Waals surface area contributed by atoms with Crippen LogP contribution in [0.5, 0.6) is 0 Å². The Morgan fingerprint density at radius 3 is 2.58 bits per heavy atom. The van der Waals surface area contributed by atoms with Crippen LogP contribution in [-0.4, -0.2) is 48.2 Å². The molecule has 0 aliphatic carbocycles. The van der Waals surface area contributed by atoms with Crippen molar-refractivity contribution in [2.45, 2.75) is 43.2 Å². The summed E-state index contributed by atoms with van der Waals surface area (Å²) in [6.07, 6.45) is 0.830. The minimum atomic E-state index is -3.81. The molecule has 1 spiro atoms. The van der Waals surface area contributed by atoms with Gasteiger partial charge in [0.05, 0.1) is 4.90 Å². The summed E-state index contributed by atoms with van der Waals surface area (Å²) < 4.78 is 40.2. The van der Waals surface area contributed by atoms with Crippen LogP contribution in [0.2, 0.25) is 0 Å². The molecule has 1 saturated heterocycles. The molecule has 0 atom stereocenters. The molecular formula is C20H24FN3O5S2. The Bertz CT molecular complexity index is 1060. The van der Waals surface area contributed by atoms with E-state index in [-0.39, 0.29) is 30.1 Å². The van der Waals surface area contributed by atoms with E-state index in [9.17, 15) is 17.6 Å². The fourth-order valence-corrected chi connectivity index (χ4v) is 5.72. The number of benzene rings is 1. The van der Waals surface area contributed by atoms with E-state index in [0.29, 0.717) is 24.9 Å². The first kappa shape index (κ1) is 23.3. The lowest BCUT2D eigenvalue weighted by molar-refractivity contribution is -0.129. The molecule has 0 amide bonds. The van der Waals surface area contributed by atoms with Crippen LogP contribution in [0.1, 0.15) is 29.7 Å². The molecule has 11 heteroatoms. The molecule has 0 radical (unpaired) electrons. The third-order valence-corrected chi connectivity index (χ3v) is 8.21. The van der Waals surface area contributed by atoms with Crippen LogP contribution in [0.4, 0.5) is 4.39 Å². The largest absolute Gasteiger partial charge is 0.477 e. The number of aliphatic carboxylic acids is 1. The predicted octanol–water partition coefficient (Wildman–Crippen LogP) is 2.73.